The maximum atomic E-state index is 12.0. The molecule has 1 heterocycles. The Morgan fingerprint density at radius 2 is 2.38 bits per heavy atom. The second-order valence-corrected chi connectivity index (χ2v) is 6.07. The molecule has 2 rings (SSSR count). The van der Waals surface area contributed by atoms with Gasteiger partial charge in [0.2, 0.25) is 5.91 Å². The van der Waals surface area contributed by atoms with Gasteiger partial charge in [0.25, 0.3) is 0 Å². The number of hydrogen-bond acceptors (Lipinski definition) is 4. The van der Waals surface area contributed by atoms with Crippen molar-refractivity contribution in [3.63, 3.8) is 0 Å². The molecule has 0 aromatic rings. The molecule has 2 atom stereocenters. The molecule has 0 radical (unpaired) electrons. The Kier molecular flexibility index (Phi) is 6.67. The molecular weight excluding hydrogens is 268 g/mol. The van der Waals surface area contributed by atoms with Crippen molar-refractivity contribution in [1.82, 2.24) is 10.2 Å². The van der Waals surface area contributed by atoms with Crippen LogP contribution in [0.1, 0.15) is 38.5 Å². The van der Waals surface area contributed by atoms with Crippen LogP contribution in [0.25, 0.3) is 0 Å². The van der Waals surface area contributed by atoms with Gasteiger partial charge in [-0.2, -0.15) is 0 Å². The molecule has 1 aliphatic heterocycles. The number of nitrogens with zero attached hydrogens (tertiary/aromatic N) is 1. The molecule has 1 saturated heterocycles. The van der Waals surface area contributed by atoms with Gasteiger partial charge in [0, 0.05) is 26.2 Å². The summed E-state index contributed by atoms with van der Waals surface area (Å²) in [6.45, 7) is 1.88. The van der Waals surface area contributed by atoms with E-state index in [0.29, 0.717) is 6.54 Å². The van der Waals surface area contributed by atoms with E-state index in [1.807, 2.05) is 4.90 Å². The van der Waals surface area contributed by atoms with Gasteiger partial charge in [0.15, 0.2) is 0 Å². The van der Waals surface area contributed by atoms with Gasteiger partial charge in [-0.15, -0.1) is 0 Å². The summed E-state index contributed by atoms with van der Waals surface area (Å²) in [4.78, 5) is 14.0. The highest BCUT2D eigenvalue weighted by atomic mass is 16.5. The standard InChI is InChI=1S/C16H28N2O3/c1-21-15-9-14(12-19)18(10-15)11-16(20)17-8-7-13-5-3-2-4-6-13/h5,14-15,19H,2-4,6-12H2,1H3,(H,17,20)/t14-,15-/m0/s1. The first kappa shape index (κ1) is 16.5. The van der Waals surface area contributed by atoms with Gasteiger partial charge < -0.3 is 15.2 Å². The van der Waals surface area contributed by atoms with Gasteiger partial charge >= 0.3 is 0 Å². The van der Waals surface area contributed by atoms with Crippen LogP contribution in [0.5, 0.6) is 0 Å². The number of ether oxygens (including phenoxy) is 1. The van der Waals surface area contributed by atoms with Gasteiger partial charge in [-0.3, -0.25) is 9.69 Å². The van der Waals surface area contributed by atoms with Crippen molar-refractivity contribution in [2.75, 3.05) is 33.4 Å². The lowest BCUT2D eigenvalue weighted by Gasteiger charge is -2.21. The molecule has 120 valence electrons. The summed E-state index contributed by atoms with van der Waals surface area (Å²) in [5.74, 6) is 0.0432. The summed E-state index contributed by atoms with van der Waals surface area (Å²) in [5.41, 5.74) is 1.48. The van der Waals surface area contributed by atoms with Gasteiger partial charge in [0.1, 0.15) is 0 Å². The molecule has 0 bridgehead atoms. The molecular formula is C16H28N2O3. The molecule has 21 heavy (non-hydrogen) atoms. The minimum absolute atomic E-state index is 0.0432. The van der Waals surface area contributed by atoms with E-state index in [1.54, 1.807) is 7.11 Å². The zero-order chi connectivity index (χ0) is 15.1. The number of hydrogen-bond donors (Lipinski definition) is 2. The number of methoxy groups -OCH3 is 1. The minimum atomic E-state index is 0.0432. The van der Waals surface area contributed by atoms with Crippen molar-refractivity contribution in [2.24, 2.45) is 0 Å². The van der Waals surface area contributed by atoms with Crippen molar-refractivity contribution in [2.45, 2.75) is 50.7 Å². The number of likely N-dealkylation sites (tertiary alicyclic amines) is 1. The third-order valence-electron chi connectivity index (χ3n) is 4.53. The fraction of sp³-hybridized carbons (Fsp3) is 0.812. The van der Waals surface area contributed by atoms with E-state index in [0.717, 1.165) is 25.9 Å². The minimum Gasteiger partial charge on any atom is -0.395 e. The molecule has 1 amide bonds. The second-order valence-electron chi connectivity index (χ2n) is 6.07. The van der Waals surface area contributed by atoms with Crippen molar-refractivity contribution < 1.29 is 14.6 Å². The summed E-state index contributed by atoms with van der Waals surface area (Å²) in [7, 11) is 1.68. The van der Waals surface area contributed by atoms with Crippen molar-refractivity contribution in [3.8, 4) is 0 Å². The predicted octanol–water partition coefficient (Wildman–Crippen LogP) is 1.07. The maximum absolute atomic E-state index is 12.0. The number of aliphatic hydroxyl groups is 1. The summed E-state index contributed by atoms with van der Waals surface area (Å²) >= 11 is 0. The van der Waals surface area contributed by atoms with Crippen LogP contribution in [0.2, 0.25) is 0 Å². The Labute approximate surface area is 127 Å². The van der Waals surface area contributed by atoms with Crippen molar-refractivity contribution in [3.05, 3.63) is 11.6 Å². The molecule has 5 nitrogen and oxygen atoms in total. The highest BCUT2D eigenvalue weighted by molar-refractivity contribution is 5.78. The Bertz CT molecular complexity index is 371. The number of nitrogens with one attached hydrogen (secondary N) is 1. The van der Waals surface area contributed by atoms with Gasteiger partial charge in [-0.25, -0.2) is 0 Å². The Morgan fingerprint density at radius 3 is 3.05 bits per heavy atom. The van der Waals surface area contributed by atoms with Crippen LogP contribution in [-0.2, 0) is 9.53 Å². The monoisotopic (exact) mass is 296 g/mol. The van der Waals surface area contributed by atoms with E-state index in [-0.39, 0.29) is 24.7 Å². The number of aliphatic hydroxyl groups excluding tert-OH is 1. The summed E-state index contributed by atoms with van der Waals surface area (Å²) in [6.07, 6.45) is 9.17. The molecule has 1 aliphatic carbocycles. The third kappa shape index (κ3) is 5.09. The normalized spacial score (nSPS) is 26.7. The fourth-order valence-electron chi connectivity index (χ4n) is 3.23. The zero-order valence-corrected chi connectivity index (χ0v) is 13.0. The molecule has 0 spiro atoms. The van der Waals surface area contributed by atoms with Gasteiger partial charge in [0.05, 0.1) is 19.3 Å². The average molecular weight is 296 g/mol. The first-order valence-corrected chi connectivity index (χ1v) is 8.05. The first-order valence-electron chi connectivity index (χ1n) is 8.05. The number of carbonyl (C=O) groups excluding carboxylic acids is 1. The summed E-state index contributed by atoms with van der Waals surface area (Å²) in [5, 5.41) is 12.4. The lowest BCUT2D eigenvalue weighted by atomic mass is 9.97. The third-order valence-corrected chi connectivity index (χ3v) is 4.53. The van der Waals surface area contributed by atoms with Crippen LogP contribution in [0.4, 0.5) is 0 Å². The van der Waals surface area contributed by atoms with Crippen molar-refractivity contribution >= 4 is 5.91 Å². The van der Waals surface area contributed by atoms with E-state index >= 15 is 0 Å². The van der Waals surface area contributed by atoms with Gasteiger partial charge in [-0.05, 0) is 38.5 Å². The topological polar surface area (TPSA) is 61.8 Å². The molecule has 0 saturated carbocycles. The highest BCUT2D eigenvalue weighted by Gasteiger charge is 2.32. The van der Waals surface area contributed by atoms with Crippen LogP contribution < -0.4 is 5.32 Å². The number of allylic oxidation sites excluding steroid dienone is 1. The molecule has 0 unspecified atom stereocenters. The van der Waals surface area contributed by atoms with E-state index < -0.39 is 0 Å². The van der Waals surface area contributed by atoms with Crippen LogP contribution in [0.15, 0.2) is 11.6 Å². The van der Waals surface area contributed by atoms with E-state index in [9.17, 15) is 9.90 Å². The Balaban J connectivity index is 1.67. The number of carbonyl (C=O) groups is 1. The largest absolute Gasteiger partial charge is 0.395 e. The number of amides is 1. The van der Waals surface area contributed by atoms with Crippen LogP contribution >= 0.6 is 0 Å². The average Bonchev–Trinajstić information content (AvgIpc) is 2.90. The van der Waals surface area contributed by atoms with E-state index in [4.69, 9.17) is 4.74 Å². The van der Waals surface area contributed by atoms with Crippen LogP contribution in [0.3, 0.4) is 0 Å². The Hall–Kier alpha value is -0.910. The summed E-state index contributed by atoms with van der Waals surface area (Å²) < 4.78 is 5.32. The van der Waals surface area contributed by atoms with Crippen molar-refractivity contribution in [1.29, 1.82) is 0 Å². The van der Waals surface area contributed by atoms with E-state index in [2.05, 4.69) is 11.4 Å². The smallest absolute Gasteiger partial charge is 0.234 e. The Morgan fingerprint density at radius 1 is 1.52 bits per heavy atom. The molecule has 5 heteroatoms. The van der Waals surface area contributed by atoms with E-state index in [1.165, 1.54) is 31.3 Å². The van der Waals surface area contributed by atoms with Crippen LogP contribution in [-0.4, -0.2) is 61.4 Å². The molecule has 1 fully saturated rings. The lowest BCUT2D eigenvalue weighted by molar-refractivity contribution is -0.122. The van der Waals surface area contributed by atoms with Gasteiger partial charge in [-0.1, -0.05) is 11.6 Å². The second kappa shape index (κ2) is 8.51. The predicted molar refractivity (Wildman–Crippen MR) is 82.0 cm³/mol. The fourth-order valence-corrected chi connectivity index (χ4v) is 3.23. The highest BCUT2D eigenvalue weighted by Crippen LogP contribution is 2.20. The lowest BCUT2D eigenvalue weighted by Crippen LogP contribution is -2.41. The van der Waals surface area contributed by atoms with Crippen LogP contribution in [0, 0.1) is 0 Å². The summed E-state index contributed by atoms with van der Waals surface area (Å²) in [6, 6.07) is 0.0433. The SMILES string of the molecule is CO[C@H]1C[C@@H](CO)N(CC(=O)NCCC2=CCCCC2)C1. The quantitative estimate of drug-likeness (QED) is 0.690. The molecule has 0 aromatic heterocycles. The molecule has 2 aliphatic rings. The molecule has 2 N–H and O–H groups in total. The zero-order valence-electron chi connectivity index (χ0n) is 13.0. The maximum Gasteiger partial charge on any atom is 0.234 e. The number of rotatable bonds is 7. The molecule has 0 aromatic carbocycles. The first-order chi connectivity index (χ1) is 10.2.